The van der Waals surface area contributed by atoms with E-state index in [9.17, 15) is 19.2 Å². The number of nitrogens with zero attached hydrogens (tertiary/aromatic N) is 1. The number of aliphatic hydroxyl groups is 1. The molecule has 2 aromatic carbocycles. The fourth-order valence-corrected chi connectivity index (χ4v) is 4.05. The van der Waals surface area contributed by atoms with Crippen LogP contribution in [-0.4, -0.2) is 86.2 Å². The quantitative estimate of drug-likeness (QED) is 0.297. The van der Waals surface area contributed by atoms with E-state index in [1.54, 1.807) is 27.8 Å². The molecule has 0 radical (unpaired) electrons. The minimum atomic E-state index is -0.724. The Morgan fingerprint density at radius 2 is 1.55 bits per heavy atom. The van der Waals surface area contributed by atoms with Crippen molar-refractivity contribution in [2.75, 3.05) is 40.8 Å². The summed E-state index contributed by atoms with van der Waals surface area (Å²) in [5.74, 6) is -2.03. The SMILES string of the molecule is CN(C)CCNC(=O)CO.CNC(=O)[C@@H](NC(=O)C(CC(=O)OC(C)(C)C)Cc1ccc2ccccc2c1)C(C)(C)C. The van der Waals surface area contributed by atoms with E-state index < -0.39 is 35.6 Å². The lowest BCUT2D eigenvalue weighted by Crippen LogP contribution is -2.54. The number of aliphatic hydroxyl groups excluding tert-OH is 1. The van der Waals surface area contributed by atoms with Gasteiger partial charge in [0.25, 0.3) is 0 Å². The van der Waals surface area contributed by atoms with Crippen LogP contribution in [0, 0.1) is 11.3 Å². The molecule has 0 spiro atoms. The van der Waals surface area contributed by atoms with Crippen molar-refractivity contribution in [3.8, 4) is 0 Å². The van der Waals surface area contributed by atoms with Crippen LogP contribution >= 0.6 is 0 Å². The summed E-state index contributed by atoms with van der Waals surface area (Å²) in [4.78, 5) is 50.6. The standard InChI is InChI=1S/C26H36N2O4.C6H14N2O2/c1-25(2,3)22(24(31)27-7)28-23(30)20(16-21(29)32-26(4,5)6)15-17-12-13-18-10-8-9-11-19(18)14-17;1-8(2)4-3-7-6(10)5-9/h8-14,20,22H,15-16H2,1-7H3,(H,27,31)(H,28,30);9H,3-5H2,1-2H3,(H,7,10)/t20?,22-;/m1./s1. The van der Waals surface area contributed by atoms with Gasteiger partial charge in [-0.2, -0.15) is 0 Å². The van der Waals surface area contributed by atoms with E-state index in [-0.39, 0.29) is 24.1 Å². The molecule has 234 valence electrons. The van der Waals surface area contributed by atoms with E-state index in [0.29, 0.717) is 13.0 Å². The van der Waals surface area contributed by atoms with Crippen LogP contribution in [0.2, 0.25) is 0 Å². The summed E-state index contributed by atoms with van der Waals surface area (Å²) >= 11 is 0. The molecule has 0 fully saturated rings. The molecular formula is C32H50N4O6. The van der Waals surface area contributed by atoms with Crippen LogP contribution in [0.5, 0.6) is 0 Å². The van der Waals surface area contributed by atoms with Crippen molar-refractivity contribution in [1.82, 2.24) is 20.9 Å². The van der Waals surface area contributed by atoms with Crippen LogP contribution < -0.4 is 16.0 Å². The Hall–Kier alpha value is -3.50. The molecule has 2 rings (SSSR count). The van der Waals surface area contributed by atoms with Crippen LogP contribution in [-0.2, 0) is 30.3 Å². The third-order valence-corrected chi connectivity index (χ3v) is 6.19. The Morgan fingerprint density at radius 3 is 2.07 bits per heavy atom. The Morgan fingerprint density at radius 1 is 0.929 bits per heavy atom. The van der Waals surface area contributed by atoms with Crippen LogP contribution in [0.4, 0.5) is 0 Å². The molecule has 0 aromatic heterocycles. The number of amides is 3. The van der Waals surface area contributed by atoms with Crippen molar-refractivity contribution >= 4 is 34.5 Å². The van der Waals surface area contributed by atoms with Gasteiger partial charge in [0.05, 0.1) is 12.3 Å². The number of carbonyl (C=O) groups is 4. The number of benzene rings is 2. The molecule has 1 unspecified atom stereocenters. The van der Waals surface area contributed by atoms with E-state index in [2.05, 4.69) is 16.0 Å². The lowest BCUT2D eigenvalue weighted by molar-refractivity contribution is -0.157. The third kappa shape index (κ3) is 13.9. The van der Waals surface area contributed by atoms with E-state index in [0.717, 1.165) is 22.9 Å². The van der Waals surface area contributed by atoms with Crippen LogP contribution in [0.1, 0.15) is 53.5 Å². The highest BCUT2D eigenvalue weighted by Crippen LogP contribution is 2.23. The monoisotopic (exact) mass is 586 g/mol. The van der Waals surface area contributed by atoms with Gasteiger partial charge in [-0.3, -0.25) is 19.2 Å². The molecule has 0 aliphatic rings. The van der Waals surface area contributed by atoms with Crippen LogP contribution in [0.25, 0.3) is 10.8 Å². The average Bonchev–Trinajstić information content (AvgIpc) is 2.89. The molecular weight excluding hydrogens is 536 g/mol. The maximum Gasteiger partial charge on any atom is 0.307 e. The van der Waals surface area contributed by atoms with Crippen LogP contribution in [0.3, 0.4) is 0 Å². The first-order chi connectivity index (χ1) is 19.5. The van der Waals surface area contributed by atoms with Crippen molar-refractivity contribution in [3.05, 3.63) is 48.0 Å². The summed E-state index contributed by atoms with van der Waals surface area (Å²) in [5.41, 5.74) is -0.189. The van der Waals surface area contributed by atoms with E-state index in [4.69, 9.17) is 9.84 Å². The average molecular weight is 587 g/mol. The number of hydrogen-bond donors (Lipinski definition) is 4. The lowest BCUT2D eigenvalue weighted by Gasteiger charge is -2.31. The highest BCUT2D eigenvalue weighted by atomic mass is 16.6. The Bertz CT molecular complexity index is 1180. The van der Waals surface area contributed by atoms with Gasteiger partial charge < -0.3 is 30.7 Å². The van der Waals surface area contributed by atoms with Crippen LogP contribution in [0.15, 0.2) is 42.5 Å². The molecule has 2 atom stereocenters. The number of likely N-dealkylation sites (N-methyl/N-ethyl adjacent to an activating group) is 2. The molecule has 0 saturated heterocycles. The zero-order chi connectivity index (χ0) is 32.1. The van der Waals surface area contributed by atoms with Gasteiger partial charge in [-0.1, -0.05) is 63.2 Å². The second kappa shape index (κ2) is 16.8. The molecule has 0 aliphatic carbocycles. The van der Waals surface area contributed by atoms with Crippen molar-refractivity contribution in [2.45, 2.75) is 66.0 Å². The van der Waals surface area contributed by atoms with Gasteiger partial charge in [-0.15, -0.1) is 0 Å². The van der Waals surface area contributed by atoms with Gasteiger partial charge in [0.1, 0.15) is 18.2 Å². The fraction of sp³-hybridized carbons (Fsp3) is 0.562. The lowest BCUT2D eigenvalue weighted by atomic mass is 9.85. The minimum absolute atomic E-state index is 0.0689. The summed E-state index contributed by atoms with van der Waals surface area (Å²) in [7, 11) is 5.39. The Balaban J connectivity index is 0.000000752. The second-order valence-corrected chi connectivity index (χ2v) is 12.6. The van der Waals surface area contributed by atoms with Crippen molar-refractivity contribution in [3.63, 3.8) is 0 Å². The van der Waals surface area contributed by atoms with Crippen molar-refractivity contribution in [2.24, 2.45) is 11.3 Å². The van der Waals surface area contributed by atoms with E-state index in [1.165, 1.54) is 0 Å². The first kappa shape index (κ1) is 36.5. The van der Waals surface area contributed by atoms with Crippen molar-refractivity contribution in [1.29, 1.82) is 0 Å². The molecule has 0 saturated carbocycles. The number of rotatable bonds is 11. The predicted molar refractivity (Wildman–Crippen MR) is 166 cm³/mol. The highest BCUT2D eigenvalue weighted by molar-refractivity contribution is 5.91. The molecule has 4 N–H and O–H groups in total. The van der Waals surface area contributed by atoms with Gasteiger partial charge in [-0.05, 0) is 63.0 Å². The van der Waals surface area contributed by atoms with Gasteiger partial charge in [0.2, 0.25) is 17.7 Å². The number of carbonyl (C=O) groups excluding carboxylic acids is 4. The van der Waals surface area contributed by atoms with Gasteiger partial charge in [0, 0.05) is 20.1 Å². The predicted octanol–water partition coefficient (Wildman–Crippen LogP) is 2.66. The van der Waals surface area contributed by atoms with Gasteiger partial charge in [-0.25, -0.2) is 0 Å². The molecule has 10 heteroatoms. The molecule has 0 aliphatic heterocycles. The summed E-state index contributed by atoms with van der Waals surface area (Å²) in [6, 6.07) is 13.3. The fourth-order valence-electron chi connectivity index (χ4n) is 4.05. The third-order valence-electron chi connectivity index (χ3n) is 6.19. The summed E-state index contributed by atoms with van der Waals surface area (Å²) < 4.78 is 5.47. The highest BCUT2D eigenvalue weighted by Gasteiger charge is 2.35. The van der Waals surface area contributed by atoms with E-state index >= 15 is 0 Å². The summed E-state index contributed by atoms with van der Waals surface area (Å²) in [5, 5.41) is 18.5. The molecule has 0 bridgehead atoms. The first-order valence-corrected chi connectivity index (χ1v) is 14.2. The molecule has 2 aromatic rings. The van der Waals surface area contributed by atoms with Crippen molar-refractivity contribution < 1.29 is 29.0 Å². The maximum absolute atomic E-state index is 13.3. The van der Waals surface area contributed by atoms with Gasteiger partial charge >= 0.3 is 5.97 Å². The normalized spacial score (nSPS) is 12.9. The number of fused-ring (bicyclic) bond motifs is 1. The second-order valence-electron chi connectivity index (χ2n) is 12.6. The molecule has 3 amide bonds. The minimum Gasteiger partial charge on any atom is -0.460 e. The molecule has 0 heterocycles. The zero-order valence-electron chi connectivity index (χ0n) is 26.7. The zero-order valence-corrected chi connectivity index (χ0v) is 26.7. The van der Waals surface area contributed by atoms with E-state index in [1.807, 2.05) is 82.2 Å². The number of nitrogens with one attached hydrogen (secondary N) is 3. The maximum atomic E-state index is 13.3. The number of ether oxygens (including phenoxy) is 1. The Kier molecular flexibility index (Phi) is 14.6. The summed E-state index contributed by atoms with van der Waals surface area (Å²) in [6.07, 6.45) is 0.293. The number of esters is 1. The molecule has 10 nitrogen and oxygen atoms in total. The smallest absolute Gasteiger partial charge is 0.307 e. The Labute approximate surface area is 250 Å². The first-order valence-electron chi connectivity index (χ1n) is 14.2. The topological polar surface area (TPSA) is 137 Å². The molecule has 42 heavy (non-hydrogen) atoms. The summed E-state index contributed by atoms with van der Waals surface area (Å²) in [6.45, 7) is 12.0. The largest absolute Gasteiger partial charge is 0.460 e. The number of hydrogen-bond acceptors (Lipinski definition) is 7. The van der Waals surface area contributed by atoms with Gasteiger partial charge in [0.15, 0.2) is 0 Å².